The number of halogens is 3. The van der Waals surface area contributed by atoms with Crippen molar-refractivity contribution >= 4 is 0 Å². The fourth-order valence-electron chi connectivity index (χ4n) is 2.36. The fraction of sp³-hybridized carbons (Fsp3) is 0.538. The van der Waals surface area contributed by atoms with E-state index in [1.165, 1.54) is 12.1 Å². The minimum atomic E-state index is -4.23. The minimum Gasteiger partial charge on any atom is -0.306 e. The van der Waals surface area contributed by atoms with Gasteiger partial charge in [-0.05, 0) is 50.0 Å². The molecule has 94 valence electrons. The maximum absolute atomic E-state index is 12.4. The van der Waals surface area contributed by atoms with E-state index in [0.717, 1.165) is 31.5 Å². The van der Waals surface area contributed by atoms with Crippen LogP contribution in [-0.4, -0.2) is 25.0 Å². The second kappa shape index (κ2) is 4.69. The highest BCUT2D eigenvalue weighted by atomic mass is 19.4. The number of nitrogens with zero attached hydrogens (tertiary/aromatic N) is 1. The van der Waals surface area contributed by atoms with Gasteiger partial charge in [-0.25, -0.2) is 0 Å². The van der Waals surface area contributed by atoms with Crippen LogP contribution in [0, 0.1) is 5.92 Å². The smallest absolute Gasteiger partial charge is 0.306 e. The third-order valence-corrected chi connectivity index (χ3v) is 3.29. The van der Waals surface area contributed by atoms with E-state index in [4.69, 9.17) is 0 Å². The third-order valence-electron chi connectivity index (χ3n) is 3.29. The van der Waals surface area contributed by atoms with E-state index in [-0.39, 0.29) is 0 Å². The second-order valence-electron chi connectivity index (χ2n) is 4.82. The number of alkyl halides is 3. The van der Waals surface area contributed by atoms with Gasteiger partial charge in [-0.15, -0.1) is 0 Å². The van der Waals surface area contributed by atoms with E-state index in [1.54, 1.807) is 12.1 Å². The van der Waals surface area contributed by atoms with Gasteiger partial charge in [-0.1, -0.05) is 12.1 Å². The van der Waals surface area contributed by atoms with Crippen LogP contribution in [0.15, 0.2) is 24.3 Å². The molecule has 1 aromatic rings. The summed E-state index contributed by atoms with van der Waals surface area (Å²) in [7, 11) is 2.08. The largest absolute Gasteiger partial charge is 0.416 e. The molecule has 1 fully saturated rings. The summed E-state index contributed by atoms with van der Waals surface area (Å²) in [6.45, 7) is 2.13. The number of likely N-dealkylation sites (tertiary alicyclic amines) is 1. The van der Waals surface area contributed by atoms with Crippen LogP contribution >= 0.6 is 0 Å². The van der Waals surface area contributed by atoms with Crippen LogP contribution in [0.2, 0.25) is 0 Å². The number of rotatable bonds is 2. The molecule has 0 aliphatic carbocycles. The van der Waals surface area contributed by atoms with Crippen LogP contribution in [0.5, 0.6) is 0 Å². The Morgan fingerprint density at radius 3 is 2.35 bits per heavy atom. The van der Waals surface area contributed by atoms with E-state index in [9.17, 15) is 13.2 Å². The van der Waals surface area contributed by atoms with E-state index in [2.05, 4.69) is 11.9 Å². The normalized spacial score (nSPS) is 22.0. The van der Waals surface area contributed by atoms with Crippen LogP contribution in [-0.2, 0) is 12.6 Å². The molecule has 1 aromatic carbocycles. The Morgan fingerprint density at radius 1 is 1.24 bits per heavy atom. The quantitative estimate of drug-likeness (QED) is 0.771. The summed E-state index contributed by atoms with van der Waals surface area (Å²) in [5.41, 5.74) is 0.433. The molecule has 1 nitrogen and oxygen atoms in total. The molecule has 0 N–H and O–H groups in total. The summed E-state index contributed by atoms with van der Waals surface area (Å²) in [6, 6.07) is 5.55. The molecule has 0 spiro atoms. The van der Waals surface area contributed by atoms with Crippen molar-refractivity contribution in [3.8, 4) is 0 Å². The molecule has 0 aromatic heterocycles. The van der Waals surface area contributed by atoms with Gasteiger partial charge in [0, 0.05) is 6.54 Å². The zero-order chi connectivity index (χ0) is 12.5. The Labute approximate surface area is 99.2 Å². The van der Waals surface area contributed by atoms with Gasteiger partial charge in [0.25, 0.3) is 0 Å². The van der Waals surface area contributed by atoms with Crippen LogP contribution < -0.4 is 0 Å². The number of hydrogen-bond donors (Lipinski definition) is 0. The summed E-state index contributed by atoms with van der Waals surface area (Å²) in [5.74, 6) is 0.580. The van der Waals surface area contributed by atoms with Crippen molar-refractivity contribution in [1.82, 2.24) is 4.90 Å². The van der Waals surface area contributed by atoms with Crippen LogP contribution in [0.4, 0.5) is 13.2 Å². The fourth-order valence-corrected chi connectivity index (χ4v) is 2.36. The van der Waals surface area contributed by atoms with Crippen molar-refractivity contribution in [1.29, 1.82) is 0 Å². The van der Waals surface area contributed by atoms with Crippen LogP contribution in [0.1, 0.15) is 17.5 Å². The molecule has 1 aliphatic rings. The maximum atomic E-state index is 12.4. The molecular weight excluding hydrogens is 227 g/mol. The molecular formula is C13H16F3N. The van der Waals surface area contributed by atoms with Gasteiger partial charge >= 0.3 is 6.18 Å². The predicted octanol–water partition coefficient (Wildman–Crippen LogP) is 3.20. The average Bonchev–Trinajstić information content (AvgIpc) is 2.63. The Hall–Kier alpha value is -1.03. The van der Waals surface area contributed by atoms with Gasteiger partial charge in [0.1, 0.15) is 0 Å². The van der Waals surface area contributed by atoms with Crippen LogP contribution in [0.3, 0.4) is 0 Å². The molecule has 1 unspecified atom stereocenters. The van der Waals surface area contributed by atoms with Gasteiger partial charge in [0.2, 0.25) is 0 Å². The highest BCUT2D eigenvalue weighted by molar-refractivity contribution is 5.25. The zero-order valence-corrected chi connectivity index (χ0v) is 9.80. The highest BCUT2D eigenvalue weighted by Gasteiger charge is 2.30. The van der Waals surface area contributed by atoms with Gasteiger partial charge in [-0.2, -0.15) is 13.2 Å². The molecule has 0 radical (unpaired) electrons. The SMILES string of the molecule is CN1CCC(Cc2ccc(C(F)(F)F)cc2)C1. The van der Waals surface area contributed by atoms with Gasteiger partial charge in [0.15, 0.2) is 0 Å². The molecule has 17 heavy (non-hydrogen) atoms. The van der Waals surface area contributed by atoms with Crippen LogP contribution in [0.25, 0.3) is 0 Å². The minimum absolute atomic E-state index is 0.565. The van der Waals surface area contributed by atoms with Crippen molar-refractivity contribution in [3.05, 3.63) is 35.4 Å². The molecule has 1 aliphatic heterocycles. The molecule has 0 amide bonds. The summed E-state index contributed by atoms with van der Waals surface area (Å²) in [6.07, 6.45) is -2.22. The summed E-state index contributed by atoms with van der Waals surface area (Å²) >= 11 is 0. The first kappa shape index (κ1) is 12.4. The molecule has 1 saturated heterocycles. The predicted molar refractivity (Wildman–Crippen MR) is 60.8 cm³/mol. The molecule has 0 saturated carbocycles. The lowest BCUT2D eigenvalue weighted by molar-refractivity contribution is -0.137. The van der Waals surface area contributed by atoms with Crippen molar-refractivity contribution in [2.45, 2.75) is 19.0 Å². The molecule has 2 rings (SSSR count). The monoisotopic (exact) mass is 243 g/mol. The molecule has 0 bridgehead atoms. The first-order valence-electron chi connectivity index (χ1n) is 5.80. The van der Waals surface area contributed by atoms with E-state index >= 15 is 0 Å². The second-order valence-corrected chi connectivity index (χ2v) is 4.82. The van der Waals surface area contributed by atoms with E-state index in [1.807, 2.05) is 0 Å². The Kier molecular flexibility index (Phi) is 3.43. The van der Waals surface area contributed by atoms with Gasteiger partial charge < -0.3 is 4.90 Å². The highest BCUT2D eigenvalue weighted by Crippen LogP contribution is 2.29. The maximum Gasteiger partial charge on any atom is 0.416 e. The van der Waals surface area contributed by atoms with Gasteiger partial charge in [0.05, 0.1) is 5.56 Å². The molecule has 4 heteroatoms. The average molecular weight is 243 g/mol. The Morgan fingerprint density at radius 2 is 1.88 bits per heavy atom. The van der Waals surface area contributed by atoms with Crippen molar-refractivity contribution in [3.63, 3.8) is 0 Å². The zero-order valence-electron chi connectivity index (χ0n) is 9.80. The van der Waals surface area contributed by atoms with E-state index in [0.29, 0.717) is 5.92 Å². The number of hydrogen-bond acceptors (Lipinski definition) is 1. The standard InChI is InChI=1S/C13H16F3N/c1-17-7-6-11(9-17)8-10-2-4-12(5-3-10)13(14,15)16/h2-5,11H,6-9H2,1H3. The molecule has 1 atom stereocenters. The lowest BCUT2D eigenvalue weighted by Gasteiger charge is -2.11. The van der Waals surface area contributed by atoms with Gasteiger partial charge in [-0.3, -0.25) is 0 Å². The van der Waals surface area contributed by atoms with Crippen molar-refractivity contribution in [2.24, 2.45) is 5.92 Å². The summed E-state index contributed by atoms with van der Waals surface area (Å²) in [4.78, 5) is 2.26. The lowest BCUT2D eigenvalue weighted by atomic mass is 9.98. The van der Waals surface area contributed by atoms with E-state index < -0.39 is 11.7 Å². The summed E-state index contributed by atoms with van der Waals surface area (Å²) in [5, 5.41) is 0. The third kappa shape index (κ3) is 3.22. The van der Waals surface area contributed by atoms with Crippen molar-refractivity contribution < 1.29 is 13.2 Å². The lowest BCUT2D eigenvalue weighted by Crippen LogP contribution is -2.15. The molecule has 1 heterocycles. The van der Waals surface area contributed by atoms with Crippen molar-refractivity contribution in [2.75, 3.05) is 20.1 Å². The first-order valence-corrected chi connectivity index (χ1v) is 5.80. The Balaban J connectivity index is 1.99. The Bertz CT molecular complexity index is 369. The topological polar surface area (TPSA) is 3.24 Å². The first-order chi connectivity index (χ1) is 7.95. The number of benzene rings is 1. The summed E-state index contributed by atoms with van der Waals surface area (Å²) < 4.78 is 37.1.